The summed E-state index contributed by atoms with van der Waals surface area (Å²) in [6.45, 7) is 0. The highest BCUT2D eigenvalue weighted by molar-refractivity contribution is 5.72. The highest BCUT2D eigenvalue weighted by Crippen LogP contribution is 2.32. The van der Waals surface area contributed by atoms with E-state index in [-0.39, 0.29) is 17.1 Å². The predicted octanol–water partition coefficient (Wildman–Crippen LogP) is 3.15. The Morgan fingerprint density at radius 3 is 2.00 bits per heavy atom. The molecule has 0 aliphatic carbocycles. The fourth-order valence-electron chi connectivity index (χ4n) is 1.74. The van der Waals surface area contributed by atoms with E-state index in [9.17, 15) is 30.3 Å². The third-order valence-electron chi connectivity index (χ3n) is 2.72. The van der Waals surface area contributed by atoms with E-state index in [4.69, 9.17) is 0 Å². The van der Waals surface area contributed by atoms with Crippen molar-refractivity contribution in [3.8, 4) is 0 Å². The Balaban J connectivity index is 2.41. The van der Waals surface area contributed by atoms with Gasteiger partial charge in [0.2, 0.25) is 0 Å². The Bertz CT molecular complexity index is 776. The number of nitrogens with one attached hydrogen (secondary N) is 1. The topological polar surface area (TPSA) is 141 Å². The molecule has 0 bridgehead atoms. The van der Waals surface area contributed by atoms with Gasteiger partial charge in [0.15, 0.2) is 0 Å². The third kappa shape index (κ3) is 3.12. The first-order valence-corrected chi connectivity index (χ1v) is 5.83. The van der Waals surface area contributed by atoms with Crippen LogP contribution in [0, 0.1) is 30.3 Å². The molecule has 0 saturated carbocycles. The van der Waals surface area contributed by atoms with Gasteiger partial charge in [0.25, 0.3) is 17.1 Å². The van der Waals surface area contributed by atoms with Gasteiger partial charge in [-0.25, -0.2) is 0 Å². The molecule has 0 saturated heterocycles. The van der Waals surface area contributed by atoms with E-state index in [1.807, 2.05) is 0 Å². The van der Waals surface area contributed by atoms with Gasteiger partial charge in [0, 0.05) is 23.9 Å². The number of rotatable bonds is 5. The Morgan fingerprint density at radius 2 is 1.41 bits per heavy atom. The van der Waals surface area contributed by atoms with Crippen LogP contribution in [0.3, 0.4) is 0 Å². The summed E-state index contributed by atoms with van der Waals surface area (Å²) in [6, 6.07) is 8.47. The number of nitro groups is 3. The second-order valence-electron chi connectivity index (χ2n) is 4.15. The van der Waals surface area contributed by atoms with Gasteiger partial charge in [-0.2, -0.15) is 0 Å². The van der Waals surface area contributed by atoms with Crippen LogP contribution in [0.15, 0.2) is 42.5 Å². The molecule has 2 aromatic carbocycles. The molecular weight excluding hydrogens is 296 g/mol. The van der Waals surface area contributed by atoms with Crippen LogP contribution in [0.2, 0.25) is 0 Å². The van der Waals surface area contributed by atoms with Gasteiger partial charge < -0.3 is 5.32 Å². The third-order valence-corrected chi connectivity index (χ3v) is 2.72. The van der Waals surface area contributed by atoms with Crippen LogP contribution in [0.5, 0.6) is 0 Å². The molecule has 0 aliphatic heterocycles. The van der Waals surface area contributed by atoms with E-state index in [0.29, 0.717) is 0 Å². The minimum Gasteiger partial charge on any atom is -0.350 e. The van der Waals surface area contributed by atoms with Crippen molar-refractivity contribution in [2.24, 2.45) is 0 Å². The summed E-state index contributed by atoms with van der Waals surface area (Å²) in [5.74, 6) is 0. The summed E-state index contributed by atoms with van der Waals surface area (Å²) in [5, 5.41) is 35.0. The summed E-state index contributed by atoms with van der Waals surface area (Å²) in [5.41, 5.74) is -0.853. The molecule has 0 radical (unpaired) electrons. The maximum absolute atomic E-state index is 11.0. The van der Waals surface area contributed by atoms with Crippen molar-refractivity contribution in [2.75, 3.05) is 5.32 Å². The van der Waals surface area contributed by atoms with E-state index in [1.165, 1.54) is 30.3 Å². The molecule has 0 aliphatic rings. The highest BCUT2D eigenvalue weighted by Gasteiger charge is 2.19. The summed E-state index contributed by atoms with van der Waals surface area (Å²) in [6.07, 6.45) is 0. The minimum absolute atomic E-state index is 0.00361. The number of nitro benzene ring substituents is 3. The zero-order chi connectivity index (χ0) is 16.3. The summed E-state index contributed by atoms with van der Waals surface area (Å²) in [4.78, 5) is 30.2. The van der Waals surface area contributed by atoms with Crippen LogP contribution >= 0.6 is 0 Å². The normalized spacial score (nSPS) is 10.0. The number of anilines is 2. The standard InChI is InChI=1S/C12H8N4O6/c17-14(18)9-3-1-2-8(6-9)13-11-5-4-10(15(19)20)7-12(11)16(21)22/h1-7,13H. The Kier molecular flexibility index (Phi) is 3.93. The Hall–Kier alpha value is -3.56. The molecule has 0 atom stereocenters. The highest BCUT2D eigenvalue weighted by atomic mass is 16.6. The van der Waals surface area contributed by atoms with Gasteiger partial charge in [0.1, 0.15) is 5.69 Å². The lowest BCUT2D eigenvalue weighted by Gasteiger charge is -2.06. The van der Waals surface area contributed by atoms with E-state index in [2.05, 4.69) is 5.32 Å². The molecule has 0 aromatic heterocycles. The van der Waals surface area contributed by atoms with Gasteiger partial charge in [-0.05, 0) is 12.1 Å². The molecule has 10 heteroatoms. The van der Waals surface area contributed by atoms with Crippen LogP contribution in [-0.2, 0) is 0 Å². The molecule has 0 spiro atoms. The second kappa shape index (κ2) is 5.83. The summed E-state index contributed by atoms with van der Waals surface area (Å²) in [7, 11) is 0. The molecular formula is C12H8N4O6. The maximum Gasteiger partial charge on any atom is 0.299 e. The maximum atomic E-state index is 11.0. The number of nitrogens with zero attached hydrogens (tertiary/aromatic N) is 3. The lowest BCUT2D eigenvalue weighted by atomic mass is 10.2. The minimum atomic E-state index is -0.771. The van der Waals surface area contributed by atoms with E-state index in [0.717, 1.165) is 12.1 Å². The molecule has 0 fully saturated rings. The Labute approximate surface area is 122 Å². The van der Waals surface area contributed by atoms with Crippen LogP contribution in [-0.4, -0.2) is 14.8 Å². The second-order valence-corrected chi connectivity index (χ2v) is 4.15. The van der Waals surface area contributed by atoms with Crippen molar-refractivity contribution in [2.45, 2.75) is 0 Å². The summed E-state index contributed by atoms with van der Waals surface area (Å²) < 4.78 is 0. The predicted molar refractivity (Wildman–Crippen MR) is 76.1 cm³/mol. The lowest BCUT2D eigenvalue weighted by Crippen LogP contribution is -1.99. The van der Waals surface area contributed by atoms with Crippen LogP contribution in [0.1, 0.15) is 0 Å². The van der Waals surface area contributed by atoms with Crippen LogP contribution in [0.4, 0.5) is 28.4 Å². The van der Waals surface area contributed by atoms with Gasteiger partial charge >= 0.3 is 0 Å². The number of hydrogen-bond acceptors (Lipinski definition) is 7. The van der Waals surface area contributed by atoms with E-state index in [1.54, 1.807) is 0 Å². The van der Waals surface area contributed by atoms with Gasteiger partial charge in [-0.1, -0.05) is 6.07 Å². The Morgan fingerprint density at radius 1 is 0.773 bits per heavy atom. The average molecular weight is 304 g/mol. The zero-order valence-corrected chi connectivity index (χ0v) is 10.8. The molecule has 0 amide bonds. The van der Waals surface area contributed by atoms with Crippen LogP contribution < -0.4 is 5.32 Å². The van der Waals surface area contributed by atoms with Crippen molar-refractivity contribution in [1.82, 2.24) is 0 Å². The zero-order valence-electron chi connectivity index (χ0n) is 10.8. The summed E-state index contributed by atoms with van der Waals surface area (Å²) >= 11 is 0. The molecule has 22 heavy (non-hydrogen) atoms. The molecule has 0 heterocycles. The molecule has 0 unspecified atom stereocenters. The van der Waals surface area contributed by atoms with E-state index >= 15 is 0 Å². The first-order valence-electron chi connectivity index (χ1n) is 5.83. The molecule has 112 valence electrons. The largest absolute Gasteiger partial charge is 0.350 e. The number of benzene rings is 2. The van der Waals surface area contributed by atoms with Crippen molar-refractivity contribution in [3.05, 3.63) is 72.8 Å². The molecule has 10 nitrogen and oxygen atoms in total. The fraction of sp³-hybridized carbons (Fsp3) is 0. The monoisotopic (exact) mass is 304 g/mol. The van der Waals surface area contributed by atoms with Crippen molar-refractivity contribution >= 4 is 28.4 Å². The number of hydrogen-bond donors (Lipinski definition) is 1. The molecule has 2 rings (SSSR count). The van der Waals surface area contributed by atoms with Gasteiger partial charge in [-0.3, -0.25) is 30.3 Å². The van der Waals surface area contributed by atoms with Crippen molar-refractivity contribution < 1.29 is 14.8 Å². The first kappa shape index (κ1) is 14.8. The van der Waals surface area contributed by atoms with Crippen LogP contribution in [0.25, 0.3) is 0 Å². The smallest absolute Gasteiger partial charge is 0.299 e. The van der Waals surface area contributed by atoms with Gasteiger partial charge in [0.05, 0.1) is 20.8 Å². The number of non-ortho nitro benzene ring substituents is 2. The molecule has 2 aromatic rings. The lowest BCUT2D eigenvalue weighted by molar-refractivity contribution is -0.393. The SMILES string of the molecule is O=[N+]([O-])c1cccc(Nc2ccc([N+](=O)[O-])cc2[N+](=O)[O-])c1. The molecule has 1 N–H and O–H groups in total. The fourth-order valence-corrected chi connectivity index (χ4v) is 1.74. The first-order chi connectivity index (χ1) is 10.4. The van der Waals surface area contributed by atoms with Crippen molar-refractivity contribution in [3.63, 3.8) is 0 Å². The van der Waals surface area contributed by atoms with Crippen molar-refractivity contribution in [1.29, 1.82) is 0 Å². The van der Waals surface area contributed by atoms with Gasteiger partial charge in [-0.15, -0.1) is 0 Å². The average Bonchev–Trinajstić information content (AvgIpc) is 2.47. The quantitative estimate of drug-likeness (QED) is 0.660. The van der Waals surface area contributed by atoms with E-state index < -0.39 is 26.1 Å².